The molecule has 1 atom stereocenters. The molecular formula is C24H26F3N5O3S. The first-order valence-corrected chi connectivity index (χ1v) is 13.1. The molecule has 5 rings (SSSR count). The standard InChI is InChI=1S/C24H26F3N5O3S/c1-14(16-4-3-5-17(21(16)25)22(26)27)29-23-18-10-20(28-11-19(18)30-15(2)31-23)36(33,34)32-8-6-24(7-9-32)12-35-13-24/h3-5,10-11,14,22H,6-9,12-13H2,1-2H3,(H,29,30,31)/t14-/m1/s1. The van der Waals surface area contributed by atoms with Crippen LogP contribution in [-0.2, 0) is 14.8 Å². The lowest BCUT2D eigenvalue weighted by atomic mass is 9.77. The molecule has 192 valence electrons. The maximum Gasteiger partial charge on any atom is 0.266 e. The SMILES string of the molecule is Cc1nc(N[C@H](C)c2cccc(C(F)F)c2F)c2cc(S(=O)(=O)N3CCC4(CC3)COC4)ncc2n1. The third kappa shape index (κ3) is 4.41. The molecule has 2 saturated heterocycles. The third-order valence-electron chi connectivity index (χ3n) is 6.99. The van der Waals surface area contributed by atoms with E-state index in [0.29, 0.717) is 43.0 Å². The molecule has 4 heterocycles. The number of hydrogen-bond donors (Lipinski definition) is 1. The van der Waals surface area contributed by atoms with Gasteiger partial charge < -0.3 is 10.1 Å². The summed E-state index contributed by atoms with van der Waals surface area (Å²) in [6.45, 7) is 5.38. The number of anilines is 1. The number of pyridine rings is 1. The molecule has 1 N–H and O–H groups in total. The Morgan fingerprint density at radius 2 is 1.83 bits per heavy atom. The summed E-state index contributed by atoms with van der Waals surface area (Å²) in [6, 6.07) is 4.50. The Morgan fingerprint density at radius 3 is 2.47 bits per heavy atom. The molecule has 2 aromatic heterocycles. The van der Waals surface area contributed by atoms with E-state index in [1.807, 2.05) is 0 Å². The highest BCUT2D eigenvalue weighted by atomic mass is 32.2. The van der Waals surface area contributed by atoms with Crippen molar-refractivity contribution >= 4 is 26.7 Å². The molecule has 0 amide bonds. The number of benzene rings is 1. The van der Waals surface area contributed by atoms with Crippen molar-refractivity contribution in [2.45, 2.75) is 44.2 Å². The Bertz CT molecular complexity index is 1410. The fourth-order valence-corrected chi connectivity index (χ4v) is 6.13. The van der Waals surface area contributed by atoms with Gasteiger partial charge in [-0.2, -0.15) is 4.31 Å². The van der Waals surface area contributed by atoms with Crippen LogP contribution < -0.4 is 5.32 Å². The van der Waals surface area contributed by atoms with Gasteiger partial charge in [0.05, 0.1) is 36.5 Å². The van der Waals surface area contributed by atoms with Gasteiger partial charge in [0, 0.05) is 29.5 Å². The lowest BCUT2D eigenvalue weighted by molar-refractivity contribution is -0.133. The summed E-state index contributed by atoms with van der Waals surface area (Å²) in [6.07, 6.45) is -0.110. The van der Waals surface area contributed by atoms with Gasteiger partial charge in [-0.3, -0.25) is 0 Å². The highest BCUT2D eigenvalue weighted by Gasteiger charge is 2.43. The maximum atomic E-state index is 14.7. The fourth-order valence-electron chi connectivity index (χ4n) is 4.75. The average molecular weight is 522 g/mol. The summed E-state index contributed by atoms with van der Waals surface area (Å²) in [4.78, 5) is 12.9. The summed E-state index contributed by atoms with van der Waals surface area (Å²) < 4.78 is 74.6. The monoisotopic (exact) mass is 521 g/mol. The summed E-state index contributed by atoms with van der Waals surface area (Å²) in [5, 5.41) is 3.29. The molecule has 1 spiro atoms. The van der Waals surface area contributed by atoms with Gasteiger partial charge in [-0.25, -0.2) is 36.5 Å². The van der Waals surface area contributed by atoms with Gasteiger partial charge in [-0.1, -0.05) is 18.2 Å². The van der Waals surface area contributed by atoms with E-state index >= 15 is 0 Å². The Kier molecular flexibility index (Phi) is 6.38. The number of aromatic nitrogens is 3. The fraction of sp³-hybridized carbons (Fsp3) is 0.458. The Balaban J connectivity index is 1.46. The summed E-state index contributed by atoms with van der Waals surface area (Å²) in [5.74, 6) is -0.345. The molecule has 12 heteroatoms. The minimum atomic E-state index is -3.86. The van der Waals surface area contributed by atoms with E-state index in [4.69, 9.17) is 4.74 Å². The van der Waals surface area contributed by atoms with Gasteiger partial charge in [-0.05, 0) is 32.8 Å². The number of fused-ring (bicyclic) bond motifs is 1. The van der Waals surface area contributed by atoms with Crippen LogP contribution in [0.25, 0.3) is 10.9 Å². The number of rotatable bonds is 6. The van der Waals surface area contributed by atoms with Crippen LogP contribution in [0.2, 0.25) is 0 Å². The first-order chi connectivity index (χ1) is 17.1. The Labute approximate surface area is 207 Å². The van der Waals surface area contributed by atoms with Crippen LogP contribution in [0, 0.1) is 18.2 Å². The van der Waals surface area contributed by atoms with Gasteiger partial charge in [0.2, 0.25) is 0 Å². The number of hydrogen-bond acceptors (Lipinski definition) is 7. The smallest absolute Gasteiger partial charge is 0.266 e. The molecule has 2 aliphatic heterocycles. The predicted octanol–water partition coefficient (Wildman–Crippen LogP) is 4.38. The van der Waals surface area contributed by atoms with E-state index in [2.05, 4.69) is 20.3 Å². The lowest BCUT2D eigenvalue weighted by Gasteiger charge is -2.46. The minimum Gasteiger partial charge on any atom is -0.380 e. The molecule has 2 aliphatic rings. The number of ether oxygens (including phenoxy) is 1. The van der Waals surface area contributed by atoms with Crippen molar-refractivity contribution in [3.05, 3.63) is 53.2 Å². The largest absolute Gasteiger partial charge is 0.380 e. The van der Waals surface area contributed by atoms with E-state index in [1.165, 1.54) is 28.7 Å². The van der Waals surface area contributed by atoms with E-state index < -0.39 is 33.9 Å². The molecule has 0 bridgehead atoms. The number of piperidine rings is 1. The summed E-state index contributed by atoms with van der Waals surface area (Å²) in [7, 11) is -3.86. The van der Waals surface area contributed by atoms with Crippen LogP contribution in [-0.4, -0.2) is 54.0 Å². The number of aryl methyl sites for hydroxylation is 1. The van der Waals surface area contributed by atoms with Crippen LogP contribution in [0.5, 0.6) is 0 Å². The van der Waals surface area contributed by atoms with Crippen molar-refractivity contribution in [1.29, 1.82) is 0 Å². The molecule has 0 radical (unpaired) electrons. The maximum absolute atomic E-state index is 14.7. The number of nitrogens with zero attached hydrogens (tertiary/aromatic N) is 4. The molecule has 3 aromatic rings. The second-order valence-electron chi connectivity index (χ2n) is 9.47. The molecule has 0 unspecified atom stereocenters. The molecule has 36 heavy (non-hydrogen) atoms. The van der Waals surface area contributed by atoms with Crippen molar-refractivity contribution in [3.8, 4) is 0 Å². The number of halogens is 3. The first-order valence-electron chi connectivity index (χ1n) is 11.6. The van der Waals surface area contributed by atoms with Crippen molar-refractivity contribution in [3.63, 3.8) is 0 Å². The van der Waals surface area contributed by atoms with Crippen LogP contribution in [0.3, 0.4) is 0 Å². The van der Waals surface area contributed by atoms with Crippen molar-refractivity contribution < 1.29 is 26.3 Å². The zero-order chi connectivity index (χ0) is 25.7. The van der Waals surface area contributed by atoms with Crippen molar-refractivity contribution in [1.82, 2.24) is 19.3 Å². The second kappa shape index (κ2) is 9.24. The molecule has 8 nitrogen and oxygen atoms in total. The highest BCUT2D eigenvalue weighted by molar-refractivity contribution is 7.89. The minimum absolute atomic E-state index is 0.0429. The Hall–Kier alpha value is -2.83. The van der Waals surface area contributed by atoms with Crippen LogP contribution in [0.15, 0.2) is 35.5 Å². The summed E-state index contributed by atoms with van der Waals surface area (Å²) in [5.41, 5.74) is -0.152. The van der Waals surface area contributed by atoms with Crippen LogP contribution in [0.4, 0.5) is 19.0 Å². The normalized spacial score (nSPS) is 18.9. The average Bonchev–Trinajstić information content (AvgIpc) is 2.82. The van der Waals surface area contributed by atoms with Gasteiger partial charge in [0.25, 0.3) is 16.4 Å². The van der Waals surface area contributed by atoms with E-state index in [9.17, 15) is 21.6 Å². The van der Waals surface area contributed by atoms with E-state index in [1.54, 1.807) is 13.8 Å². The topological polar surface area (TPSA) is 97.3 Å². The molecular weight excluding hydrogens is 495 g/mol. The quantitative estimate of drug-likeness (QED) is 0.514. The number of alkyl halides is 2. The van der Waals surface area contributed by atoms with E-state index in [-0.39, 0.29) is 21.8 Å². The third-order valence-corrected chi connectivity index (χ3v) is 8.78. The van der Waals surface area contributed by atoms with Crippen molar-refractivity contribution in [2.24, 2.45) is 5.41 Å². The van der Waals surface area contributed by atoms with Crippen LogP contribution >= 0.6 is 0 Å². The molecule has 1 aromatic carbocycles. The van der Waals surface area contributed by atoms with Gasteiger partial charge in [0.15, 0.2) is 5.03 Å². The molecule has 0 saturated carbocycles. The number of nitrogens with one attached hydrogen (secondary N) is 1. The van der Waals surface area contributed by atoms with Gasteiger partial charge >= 0.3 is 0 Å². The molecule has 0 aliphatic carbocycles. The number of sulfonamides is 1. The lowest BCUT2D eigenvalue weighted by Crippen LogP contribution is -2.52. The first kappa shape index (κ1) is 24.8. The van der Waals surface area contributed by atoms with Crippen molar-refractivity contribution in [2.75, 3.05) is 31.6 Å². The van der Waals surface area contributed by atoms with Gasteiger partial charge in [0.1, 0.15) is 17.5 Å². The van der Waals surface area contributed by atoms with Gasteiger partial charge in [-0.15, -0.1) is 0 Å². The van der Waals surface area contributed by atoms with E-state index in [0.717, 1.165) is 18.9 Å². The highest BCUT2D eigenvalue weighted by Crippen LogP contribution is 2.40. The molecule has 2 fully saturated rings. The zero-order valence-corrected chi connectivity index (χ0v) is 20.7. The Morgan fingerprint density at radius 1 is 1.14 bits per heavy atom. The summed E-state index contributed by atoms with van der Waals surface area (Å²) >= 11 is 0. The predicted molar refractivity (Wildman–Crippen MR) is 127 cm³/mol. The zero-order valence-electron chi connectivity index (χ0n) is 19.8. The second-order valence-corrected chi connectivity index (χ2v) is 11.4. The van der Waals surface area contributed by atoms with Crippen LogP contribution in [0.1, 0.15) is 49.2 Å².